The van der Waals surface area contributed by atoms with Gasteiger partial charge in [-0.1, -0.05) is 81.5 Å². The van der Waals surface area contributed by atoms with E-state index in [1.807, 2.05) is 65.4 Å². The third-order valence-corrected chi connectivity index (χ3v) is 5.30. The summed E-state index contributed by atoms with van der Waals surface area (Å²) in [4.78, 5) is 11.7. The van der Waals surface area contributed by atoms with Crippen molar-refractivity contribution in [1.29, 1.82) is 0 Å². The highest BCUT2D eigenvalue weighted by Gasteiger charge is 2.13. The minimum atomic E-state index is -0.880. The van der Waals surface area contributed by atoms with Crippen LogP contribution in [0.2, 0.25) is 0 Å². The zero-order valence-corrected chi connectivity index (χ0v) is 17.7. The fourth-order valence-corrected chi connectivity index (χ4v) is 3.58. The van der Waals surface area contributed by atoms with Crippen molar-refractivity contribution in [1.82, 2.24) is 4.57 Å². The highest BCUT2D eigenvalue weighted by atomic mass is 16.5. The summed E-state index contributed by atoms with van der Waals surface area (Å²) in [5.74, 6) is -0.0809. The second-order valence-corrected chi connectivity index (χ2v) is 7.68. The fraction of sp³-hybridized carbons (Fsp3) is 0.346. The average molecular weight is 406 g/mol. The summed E-state index contributed by atoms with van der Waals surface area (Å²) in [7, 11) is 0. The Kier molecular flexibility index (Phi) is 8.13. The average Bonchev–Trinajstić information content (AvgIpc) is 3.20. The number of carbonyl (C=O) groups is 1. The maximum Gasteiger partial charge on any atom is 0.352 e. The number of benzene rings is 2. The number of rotatable bonds is 12. The molecule has 1 aromatic heterocycles. The second kappa shape index (κ2) is 11.2. The van der Waals surface area contributed by atoms with E-state index in [1.54, 1.807) is 6.07 Å². The van der Waals surface area contributed by atoms with Crippen LogP contribution in [0, 0.1) is 0 Å². The van der Waals surface area contributed by atoms with Gasteiger partial charge in [-0.15, -0.1) is 0 Å². The molecule has 4 heteroatoms. The minimum Gasteiger partial charge on any atom is -0.489 e. The molecule has 1 heterocycles. The van der Waals surface area contributed by atoms with E-state index >= 15 is 0 Å². The third-order valence-electron chi connectivity index (χ3n) is 5.30. The van der Waals surface area contributed by atoms with E-state index in [1.165, 1.54) is 25.7 Å². The molecule has 3 aromatic rings. The Morgan fingerprint density at radius 1 is 0.900 bits per heavy atom. The number of aromatic carboxylic acids is 1. The summed E-state index contributed by atoms with van der Waals surface area (Å²) in [6.07, 6.45) is 9.09. The smallest absolute Gasteiger partial charge is 0.352 e. The maximum atomic E-state index is 11.7. The van der Waals surface area contributed by atoms with Crippen molar-refractivity contribution < 1.29 is 14.6 Å². The molecule has 0 atom stereocenters. The van der Waals surface area contributed by atoms with Crippen LogP contribution in [0.15, 0.2) is 66.9 Å². The van der Waals surface area contributed by atoms with Crippen molar-refractivity contribution in [2.75, 3.05) is 0 Å². The quantitative estimate of drug-likeness (QED) is 0.337. The van der Waals surface area contributed by atoms with Gasteiger partial charge in [0.25, 0.3) is 0 Å². The van der Waals surface area contributed by atoms with E-state index in [-0.39, 0.29) is 0 Å². The predicted octanol–water partition coefficient (Wildman–Crippen LogP) is 6.79. The number of aromatic nitrogens is 1. The van der Waals surface area contributed by atoms with Gasteiger partial charge in [0.15, 0.2) is 0 Å². The van der Waals surface area contributed by atoms with Crippen LogP contribution in [-0.4, -0.2) is 15.6 Å². The molecule has 4 nitrogen and oxygen atoms in total. The minimum absolute atomic E-state index is 0.350. The first kappa shape index (κ1) is 21.7. The predicted molar refractivity (Wildman–Crippen MR) is 121 cm³/mol. The van der Waals surface area contributed by atoms with Crippen LogP contribution in [0.1, 0.15) is 61.5 Å². The molecule has 0 aliphatic carbocycles. The van der Waals surface area contributed by atoms with Crippen LogP contribution in [0.25, 0.3) is 11.1 Å². The van der Waals surface area contributed by atoms with Crippen LogP contribution >= 0.6 is 0 Å². The molecular weight excluding hydrogens is 374 g/mol. The van der Waals surface area contributed by atoms with Gasteiger partial charge in [0.1, 0.15) is 18.1 Å². The van der Waals surface area contributed by atoms with Crippen LogP contribution in [0.3, 0.4) is 0 Å². The normalized spacial score (nSPS) is 10.8. The molecule has 158 valence electrons. The van der Waals surface area contributed by atoms with Crippen LogP contribution in [0.4, 0.5) is 0 Å². The zero-order chi connectivity index (χ0) is 21.2. The second-order valence-electron chi connectivity index (χ2n) is 7.68. The summed E-state index contributed by atoms with van der Waals surface area (Å²) in [6, 6.07) is 19.7. The highest BCUT2D eigenvalue weighted by Crippen LogP contribution is 2.26. The molecule has 0 amide bonds. The van der Waals surface area contributed by atoms with Crippen molar-refractivity contribution in [2.45, 2.75) is 58.6 Å². The van der Waals surface area contributed by atoms with E-state index in [2.05, 4.69) is 6.92 Å². The van der Waals surface area contributed by atoms with Crippen molar-refractivity contribution >= 4 is 5.97 Å². The SMILES string of the molecule is CCCCCCCCn1cc(-c2ccc(OCc3ccccc3)cc2)cc1C(=O)O. The number of nitrogens with zero attached hydrogens (tertiary/aromatic N) is 1. The lowest BCUT2D eigenvalue weighted by Gasteiger charge is -2.07. The molecule has 0 fully saturated rings. The molecule has 0 spiro atoms. The number of hydrogen-bond donors (Lipinski definition) is 1. The molecule has 0 saturated carbocycles. The van der Waals surface area contributed by atoms with Gasteiger partial charge in [-0.05, 0) is 35.7 Å². The molecule has 2 aromatic carbocycles. The summed E-state index contributed by atoms with van der Waals surface area (Å²) in [5.41, 5.74) is 3.39. The largest absolute Gasteiger partial charge is 0.489 e. The number of unbranched alkanes of at least 4 members (excludes halogenated alkanes) is 5. The number of hydrogen-bond acceptors (Lipinski definition) is 2. The molecule has 0 unspecified atom stereocenters. The summed E-state index contributed by atoms with van der Waals surface area (Å²) in [6.45, 7) is 3.48. The topological polar surface area (TPSA) is 51.5 Å². The first-order valence-corrected chi connectivity index (χ1v) is 10.9. The van der Waals surface area contributed by atoms with Crippen LogP contribution in [-0.2, 0) is 13.2 Å². The van der Waals surface area contributed by atoms with Gasteiger partial charge in [0, 0.05) is 18.3 Å². The van der Waals surface area contributed by atoms with Crippen LogP contribution < -0.4 is 4.74 Å². The molecule has 0 aliphatic heterocycles. The van der Waals surface area contributed by atoms with E-state index in [4.69, 9.17) is 4.74 Å². The number of ether oxygens (including phenoxy) is 1. The molecule has 0 bridgehead atoms. The van der Waals surface area contributed by atoms with Gasteiger partial charge in [-0.3, -0.25) is 0 Å². The Balaban J connectivity index is 1.61. The fourth-order valence-electron chi connectivity index (χ4n) is 3.58. The van der Waals surface area contributed by atoms with E-state index in [0.29, 0.717) is 12.3 Å². The lowest BCUT2D eigenvalue weighted by molar-refractivity contribution is 0.0685. The first-order chi connectivity index (χ1) is 14.7. The van der Waals surface area contributed by atoms with E-state index in [9.17, 15) is 9.90 Å². The summed E-state index contributed by atoms with van der Waals surface area (Å²) >= 11 is 0. The molecule has 0 saturated heterocycles. The van der Waals surface area contributed by atoms with Gasteiger partial charge in [-0.25, -0.2) is 4.79 Å². The lowest BCUT2D eigenvalue weighted by atomic mass is 10.1. The van der Waals surface area contributed by atoms with Crippen LogP contribution in [0.5, 0.6) is 5.75 Å². The zero-order valence-electron chi connectivity index (χ0n) is 17.7. The number of carboxylic acids is 1. The summed E-state index contributed by atoms with van der Waals surface area (Å²) in [5, 5.41) is 9.58. The van der Waals surface area contributed by atoms with Gasteiger partial charge in [-0.2, -0.15) is 0 Å². The molecule has 0 aliphatic rings. The molecular formula is C26H31NO3. The van der Waals surface area contributed by atoms with Gasteiger partial charge < -0.3 is 14.4 Å². The molecule has 3 rings (SSSR count). The lowest BCUT2D eigenvalue weighted by Crippen LogP contribution is -2.07. The van der Waals surface area contributed by atoms with Gasteiger partial charge >= 0.3 is 5.97 Å². The monoisotopic (exact) mass is 405 g/mol. The maximum absolute atomic E-state index is 11.7. The molecule has 30 heavy (non-hydrogen) atoms. The summed E-state index contributed by atoms with van der Waals surface area (Å²) < 4.78 is 7.72. The van der Waals surface area contributed by atoms with Crippen molar-refractivity contribution in [2.24, 2.45) is 0 Å². The molecule has 1 N–H and O–H groups in total. The third kappa shape index (κ3) is 6.24. The Morgan fingerprint density at radius 3 is 2.30 bits per heavy atom. The number of carboxylic acid groups (broad SMARTS) is 1. The number of aryl methyl sites for hydroxylation is 1. The Bertz CT molecular complexity index is 913. The Labute approximate surface area is 179 Å². The van der Waals surface area contributed by atoms with E-state index < -0.39 is 5.97 Å². The van der Waals surface area contributed by atoms with Gasteiger partial charge in [0.2, 0.25) is 0 Å². The molecule has 0 radical (unpaired) electrons. The van der Waals surface area contributed by atoms with E-state index in [0.717, 1.165) is 41.8 Å². The van der Waals surface area contributed by atoms with Crippen molar-refractivity contribution in [3.8, 4) is 16.9 Å². The first-order valence-electron chi connectivity index (χ1n) is 10.9. The Hall–Kier alpha value is -3.01. The standard InChI is InChI=1S/C26H31NO3/c1-2-3-4-5-6-10-17-27-19-23(18-25(27)26(28)29)22-13-15-24(16-14-22)30-20-21-11-8-7-9-12-21/h7-9,11-16,18-19H,2-6,10,17,20H2,1H3,(H,28,29). The highest BCUT2D eigenvalue weighted by molar-refractivity contribution is 5.88. The Morgan fingerprint density at radius 2 is 1.60 bits per heavy atom. The van der Waals surface area contributed by atoms with Crippen molar-refractivity contribution in [3.05, 3.63) is 78.1 Å². The van der Waals surface area contributed by atoms with Crippen molar-refractivity contribution in [3.63, 3.8) is 0 Å². The van der Waals surface area contributed by atoms with Gasteiger partial charge in [0.05, 0.1) is 0 Å².